The standard InChI is InChI=1S/C23H20ClIN2O3/c1-2-29-21-10-5-17(6-11-21)23(28)27-26-14-18-13-19(24)7-12-22(18)30-15-16-3-8-20(25)9-4-16/h3-14H,2,15H2,1H3,(H,27,28)/b26-14-. The van der Waals surface area contributed by atoms with Crippen LogP contribution in [0.25, 0.3) is 0 Å². The lowest BCUT2D eigenvalue weighted by Crippen LogP contribution is -2.17. The molecule has 3 aromatic carbocycles. The highest BCUT2D eigenvalue weighted by Gasteiger charge is 2.06. The lowest BCUT2D eigenvalue weighted by atomic mass is 10.2. The Morgan fingerprint density at radius 1 is 1.07 bits per heavy atom. The summed E-state index contributed by atoms with van der Waals surface area (Å²) in [6, 6.07) is 20.2. The molecule has 0 bridgehead atoms. The SMILES string of the molecule is CCOc1ccc(C(=O)N/N=C\c2cc(Cl)ccc2OCc2ccc(I)cc2)cc1. The molecule has 30 heavy (non-hydrogen) atoms. The van der Waals surface area contributed by atoms with Crippen LogP contribution in [0.15, 0.2) is 71.8 Å². The zero-order valence-corrected chi connectivity index (χ0v) is 19.2. The average molecular weight is 535 g/mol. The molecule has 7 heteroatoms. The number of rotatable bonds is 8. The number of benzene rings is 3. The molecule has 3 rings (SSSR count). The molecule has 3 aromatic rings. The summed E-state index contributed by atoms with van der Waals surface area (Å²) < 4.78 is 12.5. The Bertz CT molecular complexity index is 1020. The normalized spacial score (nSPS) is 10.8. The van der Waals surface area contributed by atoms with E-state index >= 15 is 0 Å². The van der Waals surface area contributed by atoms with Gasteiger partial charge in [0.2, 0.25) is 0 Å². The van der Waals surface area contributed by atoms with Gasteiger partial charge in [-0.25, -0.2) is 5.43 Å². The molecule has 0 saturated heterocycles. The van der Waals surface area contributed by atoms with Crippen molar-refractivity contribution in [1.82, 2.24) is 5.43 Å². The molecule has 0 atom stereocenters. The van der Waals surface area contributed by atoms with Crippen LogP contribution in [0.2, 0.25) is 5.02 Å². The maximum Gasteiger partial charge on any atom is 0.271 e. The van der Waals surface area contributed by atoms with E-state index in [1.54, 1.807) is 42.5 Å². The Morgan fingerprint density at radius 2 is 1.80 bits per heavy atom. The first-order chi connectivity index (χ1) is 14.5. The van der Waals surface area contributed by atoms with Gasteiger partial charge in [-0.2, -0.15) is 5.10 Å². The molecular weight excluding hydrogens is 515 g/mol. The topological polar surface area (TPSA) is 59.9 Å². The molecule has 0 aromatic heterocycles. The molecule has 0 aliphatic rings. The molecule has 1 N–H and O–H groups in total. The summed E-state index contributed by atoms with van der Waals surface area (Å²) in [5, 5.41) is 4.60. The summed E-state index contributed by atoms with van der Waals surface area (Å²) in [4.78, 5) is 12.3. The molecule has 154 valence electrons. The maximum atomic E-state index is 12.3. The van der Waals surface area contributed by atoms with E-state index in [0.717, 1.165) is 5.56 Å². The Hall–Kier alpha value is -2.58. The van der Waals surface area contributed by atoms with Crippen LogP contribution < -0.4 is 14.9 Å². The highest BCUT2D eigenvalue weighted by molar-refractivity contribution is 14.1. The first kappa shape index (κ1) is 22.1. The molecule has 0 spiro atoms. The van der Waals surface area contributed by atoms with E-state index in [-0.39, 0.29) is 5.91 Å². The first-order valence-corrected chi connectivity index (χ1v) is 10.7. The van der Waals surface area contributed by atoms with Crippen LogP contribution in [0, 0.1) is 3.57 Å². The fraction of sp³-hybridized carbons (Fsp3) is 0.130. The Balaban J connectivity index is 1.64. The van der Waals surface area contributed by atoms with Gasteiger partial charge in [0.25, 0.3) is 5.91 Å². The lowest BCUT2D eigenvalue weighted by molar-refractivity contribution is 0.0955. The van der Waals surface area contributed by atoms with Gasteiger partial charge in [0.05, 0.1) is 12.8 Å². The minimum Gasteiger partial charge on any atom is -0.494 e. The van der Waals surface area contributed by atoms with Gasteiger partial charge in [-0.05, 0) is 89.7 Å². The molecule has 1 amide bonds. The number of carbonyl (C=O) groups is 1. The number of ether oxygens (including phenoxy) is 2. The predicted molar refractivity (Wildman–Crippen MR) is 128 cm³/mol. The van der Waals surface area contributed by atoms with Gasteiger partial charge in [0.1, 0.15) is 18.1 Å². The van der Waals surface area contributed by atoms with Crippen molar-refractivity contribution in [2.45, 2.75) is 13.5 Å². The number of amides is 1. The summed E-state index contributed by atoms with van der Waals surface area (Å²) >= 11 is 8.37. The maximum absolute atomic E-state index is 12.3. The average Bonchev–Trinajstić information content (AvgIpc) is 2.75. The third kappa shape index (κ3) is 6.47. The van der Waals surface area contributed by atoms with Crippen LogP contribution in [0.4, 0.5) is 0 Å². The molecule has 0 heterocycles. The van der Waals surface area contributed by atoms with Crippen molar-refractivity contribution in [2.24, 2.45) is 5.10 Å². The molecule has 0 aliphatic heterocycles. The molecule has 5 nitrogen and oxygen atoms in total. The smallest absolute Gasteiger partial charge is 0.271 e. The second kappa shape index (κ2) is 11.0. The number of nitrogens with zero attached hydrogens (tertiary/aromatic N) is 1. The fourth-order valence-electron chi connectivity index (χ4n) is 2.59. The van der Waals surface area contributed by atoms with Crippen molar-refractivity contribution >= 4 is 46.3 Å². The van der Waals surface area contributed by atoms with E-state index in [1.807, 2.05) is 31.2 Å². The van der Waals surface area contributed by atoms with Crippen molar-refractivity contribution in [2.75, 3.05) is 6.61 Å². The lowest BCUT2D eigenvalue weighted by Gasteiger charge is -2.10. The van der Waals surface area contributed by atoms with Gasteiger partial charge < -0.3 is 9.47 Å². The zero-order chi connectivity index (χ0) is 21.3. The van der Waals surface area contributed by atoms with E-state index in [9.17, 15) is 4.79 Å². The van der Waals surface area contributed by atoms with Crippen molar-refractivity contribution in [3.05, 3.63) is 92.0 Å². The van der Waals surface area contributed by atoms with Gasteiger partial charge >= 0.3 is 0 Å². The highest BCUT2D eigenvalue weighted by Crippen LogP contribution is 2.22. The minimum absolute atomic E-state index is 0.322. The van der Waals surface area contributed by atoms with Crippen molar-refractivity contribution < 1.29 is 14.3 Å². The molecular formula is C23H20ClIN2O3. The van der Waals surface area contributed by atoms with Crippen LogP contribution in [-0.4, -0.2) is 18.7 Å². The van der Waals surface area contributed by atoms with Crippen molar-refractivity contribution in [3.63, 3.8) is 0 Å². The highest BCUT2D eigenvalue weighted by atomic mass is 127. The van der Waals surface area contributed by atoms with E-state index in [4.69, 9.17) is 21.1 Å². The zero-order valence-electron chi connectivity index (χ0n) is 16.3. The molecule has 0 unspecified atom stereocenters. The van der Waals surface area contributed by atoms with E-state index in [2.05, 4.69) is 33.1 Å². The number of hydrazone groups is 1. The van der Waals surface area contributed by atoms with Gasteiger partial charge in [0, 0.05) is 19.7 Å². The number of hydrogen-bond acceptors (Lipinski definition) is 4. The van der Waals surface area contributed by atoms with Gasteiger partial charge in [-0.1, -0.05) is 23.7 Å². The van der Waals surface area contributed by atoms with Gasteiger partial charge in [-0.15, -0.1) is 0 Å². The molecule has 0 saturated carbocycles. The van der Waals surface area contributed by atoms with Crippen LogP contribution >= 0.6 is 34.2 Å². The number of hydrogen-bond donors (Lipinski definition) is 1. The van der Waals surface area contributed by atoms with Crippen LogP contribution in [0.1, 0.15) is 28.4 Å². The number of halogens is 2. The van der Waals surface area contributed by atoms with Gasteiger partial charge in [0.15, 0.2) is 0 Å². The van der Waals surface area contributed by atoms with Gasteiger partial charge in [-0.3, -0.25) is 4.79 Å². The van der Waals surface area contributed by atoms with E-state index < -0.39 is 0 Å². The first-order valence-electron chi connectivity index (χ1n) is 9.28. The Morgan fingerprint density at radius 3 is 2.50 bits per heavy atom. The summed E-state index contributed by atoms with van der Waals surface area (Å²) in [5.41, 5.74) is 4.72. The van der Waals surface area contributed by atoms with Crippen LogP contribution in [-0.2, 0) is 6.61 Å². The quantitative estimate of drug-likeness (QED) is 0.230. The number of nitrogens with one attached hydrogen (secondary N) is 1. The Kier molecular flexibility index (Phi) is 8.10. The van der Waals surface area contributed by atoms with E-state index in [0.29, 0.717) is 40.9 Å². The van der Waals surface area contributed by atoms with Crippen molar-refractivity contribution in [1.29, 1.82) is 0 Å². The summed E-state index contributed by atoms with van der Waals surface area (Å²) in [6.45, 7) is 2.89. The third-order valence-corrected chi connectivity index (χ3v) is 5.03. The largest absolute Gasteiger partial charge is 0.494 e. The summed E-state index contributed by atoms with van der Waals surface area (Å²) in [6.07, 6.45) is 1.52. The monoisotopic (exact) mass is 534 g/mol. The molecule has 0 radical (unpaired) electrons. The molecule has 0 fully saturated rings. The second-order valence-corrected chi connectivity index (χ2v) is 7.94. The molecule has 0 aliphatic carbocycles. The summed E-state index contributed by atoms with van der Waals surface area (Å²) in [7, 11) is 0. The van der Waals surface area contributed by atoms with Crippen molar-refractivity contribution in [3.8, 4) is 11.5 Å². The van der Waals surface area contributed by atoms with Crippen LogP contribution in [0.3, 0.4) is 0 Å². The minimum atomic E-state index is -0.322. The predicted octanol–water partition coefficient (Wildman–Crippen LogP) is 5.69. The second-order valence-electron chi connectivity index (χ2n) is 6.25. The summed E-state index contributed by atoms with van der Waals surface area (Å²) in [5.74, 6) is 1.01. The number of carbonyl (C=O) groups excluding carboxylic acids is 1. The van der Waals surface area contributed by atoms with E-state index in [1.165, 1.54) is 9.78 Å². The fourth-order valence-corrected chi connectivity index (χ4v) is 3.13. The van der Waals surface area contributed by atoms with Crippen LogP contribution in [0.5, 0.6) is 11.5 Å². The third-order valence-electron chi connectivity index (χ3n) is 4.08. The Labute approximate surface area is 194 Å².